The summed E-state index contributed by atoms with van der Waals surface area (Å²) < 4.78 is 10.1. The SMILES string of the molecule is CCN(Cc1nc(COC)no1)C(=O)CN1CCCC(O)C1. The number of aliphatic hydroxyl groups excluding tert-OH is 1. The number of methoxy groups -OCH3 is 1. The van der Waals surface area contributed by atoms with Crippen molar-refractivity contribution < 1.29 is 19.2 Å². The molecular weight excluding hydrogens is 288 g/mol. The number of β-amino-alcohol motifs (C(OH)–C–C–N with tert-alkyl or cyclic N) is 1. The van der Waals surface area contributed by atoms with Crippen molar-refractivity contribution in [2.24, 2.45) is 0 Å². The first-order valence-corrected chi connectivity index (χ1v) is 7.61. The van der Waals surface area contributed by atoms with Crippen molar-refractivity contribution >= 4 is 5.91 Å². The summed E-state index contributed by atoms with van der Waals surface area (Å²) >= 11 is 0. The van der Waals surface area contributed by atoms with Crippen molar-refractivity contribution in [1.29, 1.82) is 0 Å². The van der Waals surface area contributed by atoms with E-state index in [4.69, 9.17) is 9.26 Å². The number of carbonyl (C=O) groups is 1. The van der Waals surface area contributed by atoms with Gasteiger partial charge in [0.15, 0.2) is 5.82 Å². The Bertz CT molecular complexity index is 479. The first kappa shape index (κ1) is 16.9. The Morgan fingerprint density at radius 3 is 3.09 bits per heavy atom. The molecule has 1 atom stereocenters. The van der Waals surface area contributed by atoms with Gasteiger partial charge in [0.1, 0.15) is 13.2 Å². The molecule has 1 amide bonds. The predicted octanol–water partition coefficient (Wildman–Crippen LogP) is 0.0212. The summed E-state index contributed by atoms with van der Waals surface area (Å²) in [6.07, 6.45) is 1.40. The normalized spacial score (nSPS) is 19.3. The van der Waals surface area contributed by atoms with Crippen LogP contribution < -0.4 is 0 Å². The number of hydrogen-bond donors (Lipinski definition) is 1. The molecule has 1 aliphatic rings. The van der Waals surface area contributed by atoms with Crippen molar-refractivity contribution in [3.05, 3.63) is 11.7 Å². The van der Waals surface area contributed by atoms with Crippen molar-refractivity contribution in [2.45, 2.75) is 39.0 Å². The lowest BCUT2D eigenvalue weighted by atomic mass is 10.1. The lowest BCUT2D eigenvalue weighted by Gasteiger charge is -2.31. The molecule has 1 saturated heterocycles. The van der Waals surface area contributed by atoms with Crippen LogP contribution in [0.4, 0.5) is 0 Å². The number of piperidine rings is 1. The van der Waals surface area contributed by atoms with Gasteiger partial charge in [-0.05, 0) is 26.3 Å². The zero-order valence-corrected chi connectivity index (χ0v) is 13.2. The van der Waals surface area contributed by atoms with Crippen molar-refractivity contribution in [3.8, 4) is 0 Å². The lowest BCUT2D eigenvalue weighted by molar-refractivity contribution is -0.133. The van der Waals surface area contributed by atoms with Gasteiger partial charge in [-0.15, -0.1) is 0 Å². The van der Waals surface area contributed by atoms with Crippen LogP contribution in [0.15, 0.2) is 4.52 Å². The average Bonchev–Trinajstić information content (AvgIpc) is 2.92. The minimum Gasteiger partial charge on any atom is -0.392 e. The number of likely N-dealkylation sites (N-methyl/N-ethyl adjacent to an activating group) is 1. The molecule has 0 spiro atoms. The van der Waals surface area contributed by atoms with E-state index in [2.05, 4.69) is 10.1 Å². The summed E-state index contributed by atoms with van der Waals surface area (Å²) in [7, 11) is 1.56. The van der Waals surface area contributed by atoms with E-state index in [9.17, 15) is 9.90 Å². The summed E-state index contributed by atoms with van der Waals surface area (Å²) in [4.78, 5) is 20.2. The van der Waals surface area contributed by atoms with Crippen LogP contribution in [-0.4, -0.2) is 70.3 Å². The zero-order valence-electron chi connectivity index (χ0n) is 13.2. The van der Waals surface area contributed by atoms with Crippen LogP contribution in [0.2, 0.25) is 0 Å². The van der Waals surface area contributed by atoms with Crippen LogP contribution >= 0.6 is 0 Å². The Morgan fingerprint density at radius 1 is 1.59 bits per heavy atom. The smallest absolute Gasteiger partial charge is 0.246 e. The fourth-order valence-corrected chi connectivity index (χ4v) is 2.55. The summed E-state index contributed by atoms with van der Waals surface area (Å²) in [5, 5.41) is 13.5. The van der Waals surface area contributed by atoms with E-state index in [1.54, 1.807) is 12.0 Å². The molecule has 0 aromatic carbocycles. The molecular formula is C14H24N4O4. The van der Waals surface area contributed by atoms with Crippen LogP contribution in [0.25, 0.3) is 0 Å². The molecule has 124 valence electrons. The number of rotatable bonds is 7. The van der Waals surface area contributed by atoms with Gasteiger partial charge in [-0.25, -0.2) is 0 Å². The highest BCUT2D eigenvalue weighted by atomic mass is 16.5. The molecule has 0 bridgehead atoms. The number of nitrogens with zero attached hydrogens (tertiary/aromatic N) is 4. The second-order valence-corrected chi connectivity index (χ2v) is 5.48. The highest BCUT2D eigenvalue weighted by Crippen LogP contribution is 2.11. The molecule has 1 unspecified atom stereocenters. The van der Waals surface area contributed by atoms with Gasteiger partial charge >= 0.3 is 0 Å². The fourth-order valence-electron chi connectivity index (χ4n) is 2.55. The maximum atomic E-state index is 12.4. The van der Waals surface area contributed by atoms with E-state index in [0.717, 1.165) is 19.4 Å². The Labute approximate surface area is 130 Å². The minimum absolute atomic E-state index is 0.00286. The van der Waals surface area contributed by atoms with Gasteiger partial charge in [0.25, 0.3) is 0 Å². The van der Waals surface area contributed by atoms with Crippen LogP contribution in [0.5, 0.6) is 0 Å². The maximum absolute atomic E-state index is 12.4. The predicted molar refractivity (Wildman–Crippen MR) is 77.8 cm³/mol. The summed E-state index contributed by atoms with van der Waals surface area (Å²) in [6, 6.07) is 0. The van der Waals surface area contributed by atoms with E-state index in [1.165, 1.54) is 0 Å². The van der Waals surface area contributed by atoms with Crippen LogP contribution in [0.3, 0.4) is 0 Å². The third-order valence-corrected chi connectivity index (χ3v) is 3.68. The minimum atomic E-state index is -0.329. The quantitative estimate of drug-likeness (QED) is 0.759. The van der Waals surface area contributed by atoms with Gasteiger partial charge in [0, 0.05) is 20.2 Å². The second kappa shape index (κ2) is 8.21. The Balaban J connectivity index is 1.87. The van der Waals surface area contributed by atoms with Crippen LogP contribution in [0.1, 0.15) is 31.5 Å². The molecule has 2 rings (SSSR count). The fraction of sp³-hybridized carbons (Fsp3) is 0.786. The van der Waals surface area contributed by atoms with Crippen LogP contribution in [0, 0.1) is 0 Å². The third kappa shape index (κ3) is 4.75. The van der Waals surface area contributed by atoms with E-state index in [0.29, 0.717) is 37.9 Å². The van der Waals surface area contributed by atoms with E-state index in [1.807, 2.05) is 11.8 Å². The molecule has 1 aromatic heterocycles. The first-order valence-electron chi connectivity index (χ1n) is 7.61. The molecule has 1 aliphatic heterocycles. The monoisotopic (exact) mass is 312 g/mol. The third-order valence-electron chi connectivity index (χ3n) is 3.68. The summed E-state index contributed by atoms with van der Waals surface area (Å²) in [6.45, 7) is 4.77. The highest BCUT2D eigenvalue weighted by Gasteiger charge is 2.23. The number of likely N-dealkylation sites (tertiary alicyclic amines) is 1. The first-order chi connectivity index (χ1) is 10.6. The molecule has 8 nitrogen and oxygen atoms in total. The number of ether oxygens (including phenoxy) is 1. The highest BCUT2D eigenvalue weighted by molar-refractivity contribution is 5.78. The summed E-state index contributed by atoms with van der Waals surface area (Å²) in [5.74, 6) is 0.879. The standard InChI is InChI=1S/C14H24N4O4/c1-3-18(8-13-15-12(10-21-2)16-22-13)14(20)9-17-6-4-5-11(19)7-17/h11,19H,3-10H2,1-2H3. The second-order valence-electron chi connectivity index (χ2n) is 5.48. The number of aromatic nitrogens is 2. The Morgan fingerprint density at radius 2 is 2.41 bits per heavy atom. The summed E-state index contributed by atoms with van der Waals surface area (Å²) in [5.41, 5.74) is 0. The number of hydrogen-bond acceptors (Lipinski definition) is 7. The molecule has 2 heterocycles. The molecule has 22 heavy (non-hydrogen) atoms. The number of carbonyl (C=O) groups excluding carboxylic acids is 1. The number of aliphatic hydroxyl groups is 1. The largest absolute Gasteiger partial charge is 0.392 e. The molecule has 0 aliphatic carbocycles. The molecule has 8 heteroatoms. The van der Waals surface area contributed by atoms with Gasteiger partial charge in [-0.3, -0.25) is 9.69 Å². The van der Waals surface area contributed by atoms with Gasteiger partial charge in [-0.1, -0.05) is 5.16 Å². The van der Waals surface area contributed by atoms with E-state index in [-0.39, 0.29) is 18.6 Å². The van der Waals surface area contributed by atoms with Crippen molar-refractivity contribution in [3.63, 3.8) is 0 Å². The zero-order chi connectivity index (χ0) is 15.9. The average molecular weight is 312 g/mol. The van der Waals surface area contributed by atoms with E-state index < -0.39 is 0 Å². The molecule has 1 N–H and O–H groups in total. The molecule has 1 fully saturated rings. The van der Waals surface area contributed by atoms with Crippen molar-refractivity contribution in [2.75, 3.05) is 33.3 Å². The topological polar surface area (TPSA) is 91.9 Å². The van der Waals surface area contributed by atoms with Crippen molar-refractivity contribution in [1.82, 2.24) is 19.9 Å². The molecule has 0 radical (unpaired) electrons. The van der Waals surface area contributed by atoms with Gasteiger partial charge in [0.2, 0.25) is 11.8 Å². The maximum Gasteiger partial charge on any atom is 0.246 e. The van der Waals surface area contributed by atoms with Gasteiger partial charge in [0.05, 0.1) is 12.6 Å². The van der Waals surface area contributed by atoms with Gasteiger partial charge in [-0.2, -0.15) is 4.98 Å². The molecule has 1 aromatic rings. The lowest BCUT2D eigenvalue weighted by Crippen LogP contribution is -2.45. The van der Waals surface area contributed by atoms with Gasteiger partial charge < -0.3 is 19.3 Å². The Hall–Kier alpha value is -1.51. The van der Waals surface area contributed by atoms with Crippen LogP contribution in [-0.2, 0) is 22.7 Å². The Kier molecular flexibility index (Phi) is 6.29. The molecule has 0 saturated carbocycles. The number of amides is 1. The van der Waals surface area contributed by atoms with E-state index >= 15 is 0 Å².